The number of alkyl halides is 3. The second kappa shape index (κ2) is 9.87. The van der Waals surface area contributed by atoms with Gasteiger partial charge in [0.1, 0.15) is 11.9 Å². The van der Waals surface area contributed by atoms with Gasteiger partial charge >= 0.3 is 6.18 Å². The SMILES string of the molecule is N#Cc1ccc(CCNC(=O)C2CCCN2c2cc(-c3ccncc3)nc(C(F)(F)F)n2)cc1. The number of benzene rings is 1. The highest BCUT2D eigenvalue weighted by Crippen LogP contribution is 2.33. The lowest BCUT2D eigenvalue weighted by Gasteiger charge is -2.26. The Kier molecular flexibility index (Phi) is 6.72. The third kappa shape index (κ3) is 5.31. The van der Waals surface area contributed by atoms with Gasteiger partial charge in [-0.2, -0.15) is 18.4 Å². The highest BCUT2D eigenvalue weighted by molar-refractivity contribution is 5.85. The van der Waals surface area contributed by atoms with Crippen LogP contribution in [0.4, 0.5) is 19.0 Å². The van der Waals surface area contributed by atoms with Crippen molar-refractivity contribution in [1.29, 1.82) is 5.26 Å². The topological polar surface area (TPSA) is 94.8 Å². The molecule has 1 fully saturated rings. The van der Waals surface area contributed by atoms with Gasteiger partial charge in [0.15, 0.2) is 0 Å². The molecular formula is C24H21F3N6O. The summed E-state index contributed by atoms with van der Waals surface area (Å²) in [6.45, 7) is 0.784. The molecule has 0 bridgehead atoms. The Bertz CT molecular complexity index is 1190. The van der Waals surface area contributed by atoms with Crippen molar-refractivity contribution in [2.24, 2.45) is 0 Å². The molecule has 0 radical (unpaired) electrons. The van der Waals surface area contributed by atoms with Crippen LogP contribution in [-0.4, -0.2) is 40.0 Å². The molecule has 1 atom stereocenters. The number of carbonyl (C=O) groups excluding carboxylic acids is 1. The Morgan fingerprint density at radius 3 is 2.56 bits per heavy atom. The Morgan fingerprint density at radius 1 is 1.15 bits per heavy atom. The average Bonchev–Trinajstić information content (AvgIpc) is 3.34. The number of nitriles is 1. The van der Waals surface area contributed by atoms with Crippen LogP contribution in [0, 0.1) is 11.3 Å². The van der Waals surface area contributed by atoms with Gasteiger partial charge in [0, 0.05) is 37.1 Å². The first-order valence-electron chi connectivity index (χ1n) is 10.8. The molecule has 2 aromatic heterocycles. The van der Waals surface area contributed by atoms with Crippen LogP contribution in [0.5, 0.6) is 0 Å². The Labute approximate surface area is 194 Å². The van der Waals surface area contributed by atoms with Gasteiger partial charge < -0.3 is 10.2 Å². The lowest BCUT2D eigenvalue weighted by Crippen LogP contribution is -2.44. The molecule has 1 N–H and O–H groups in total. The van der Waals surface area contributed by atoms with Crippen LogP contribution in [-0.2, 0) is 17.4 Å². The zero-order chi connectivity index (χ0) is 24.1. The largest absolute Gasteiger partial charge is 0.451 e. The lowest BCUT2D eigenvalue weighted by molar-refractivity contribution is -0.144. The van der Waals surface area contributed by atoms with Crippen LogP contribution >= 0.6 is 0 Å². The van der Waals surface area contributed by atoms with E-state index in [1.54, 1.807) is 29.2 Å². The van der Waals surface area contributed by atoms with E-state index in [9.17, 15) is 18.0 Å². The first-order valence-corrected chi connectivity index (χ1v) is 10.8. The zero-order valence-corrected chi connectivity index (χ0v) is 18.1. The predicted molar refractivity (Wildman–Crippen MR) is 119 cm³/mol. The number of nitrogens with zero attached hydrogens (tertiary/aromatic N) is 5. The van der Waals surface area contributed by atoms with E-state index >= 15 is 0 Å². The molecular weight excluding hydrogens is 445 g/mol. The summed E-state index contributed by atoms with van der Waals surface area (Å²) in [4.78, 5) is 25.8. The van der Waals surface area contributed by atoms with E-state index in [-0.39, 0.29) is 17.4 Å². The number of nitrogens with one attached hydrogen (secondary N) is 1. The molecule has 0 saturated carbocycles. The fraction of sp³-hybridized carbons (Fsp3) is 0.292. The highest BCUT2D eigenvalue weighted by Gasteiger charge is 2.38. The number of hydrogen-bond donors (Lipinski definition) is 1. The van der Waals surface area contributed by atoms with Gasteiger partial charge in [-0.15, -0.1) is 0 Å². The van der Waals surface area contributed by atoms with Crippen molar-refractivity contribution in [2.45, 2.75) is 31.5 Å². The first-order chi connectivity index (χ1) is 16.3. The molecule has 0 aliphatic carbocycles. The van der Waals surface area contributed by atoms with Crippen LogP contribution in [0.2, 0.25) is 0 Å². The third-order valence-electron chi connectivity index (χ3n) is 5.59. The van der Waals surface area contributed by atoms with E-state index in [0.717, 1.165) is 5.56 Å². The van der Waals surface area contributed by atoms with Crippen molar-refractivity contribution < 1.29 is 18.0 Å². The summed E-state index contributed by atoms with van der Waals surface area (Å²) in [6.07, 6.45) is -0.0323. The van der Waals surface area contributed by atoms with Crippen molar-refractivity contribution >= 4 is 11.7 Å². The second-order valence-corrected chi connectivity index (χ2v) is 7.87. The molecule has 34 heavy (non-hydrogen) atoms. The van der Waals surface area contributed by atoms with Crippen LogP contribution in [0.3, 0.4) is 0 Å². The van der Waals surface area contributed by atoms with Gasteiger partial charge in [0.2, 0.25) is 11.7 Å². The molecule has 1 saturated heterocycles. The fourth-order valence-electron chi connectivity index (χ4n) is 3.89. The van der Waals surface area contributed by atoms with Crippen molar-refractivity contribution in [2.75, 3.05) is 18.0 Å². The Balaban J connectivity index is 1.51. The summed E-state index contributed by atoms with van der Waals surface area (Å²) in [5.74, 6) is -1.44. The number of aromatic nitrogens is 3. The van der Waals surface area contributed by atoms with Crippen LogP contribution < -0.4 is 10.2 Å². The Morgan fingerprint density at radius 2 is 1.88 bits per heavy atom. The third-order valence-corrected chi connectivity index (χ3v) is 5.59. The fourth-order valence-corrected chi connectivity index (χ4v) is 3.89. The van der Waals surface area contributed by atoms with E-state index in [0.29, 0.717) is 43.5 Å². The molecule has 1 aliphatic rings. The quantitative estimate of drug-likeness (QED) is 0.595. The van der Waals surface area contributed by atoms with E-state index in [1.807, 2.05) is 12.1 Å². The van der Waals surface area contributed by atoms with Crippen LogP contribution in [0.25, 0.3) is 11.3 Å². The molecule has 1 aromatic carbocycles. The average molecular weight is 466 g/mol. The number of rotatable bonds is 6. The molecule has 174 valence electrons. The molecule has 1 aliphatic heterocycles. The van der Waals surface area contributed by atoms with Gasteiger partial charge in [-0.3, -0.25) is 9.78 Å². The molecule has 1 amide bonds. The number of amides is 1. The van der Waals surface area contributed by atoms with Gasteiger partial charge in [-0.25, -0.2) is 9.97 Å². The molecule has 0 spiro atoms. The number of carbonyl (C=O) groups is 1. The molecule has 3 heterocycles. The minimum absolute atomic E-state index is 0.0684. The maximum absolute atomic E-state index is 13.5. The van der Waals surface area contributed by atoms with Gasteiger partial charge in [-0.1, -0.05) is 12.1 Å². The van der Waals surface area contributed by atoms with Crippen molar-refractivity contribution in [1.82, 2.24) is 20.3 Å². The summed E-state index contributed by atoms with van der Waals surface area (Å²) < 4.78 is 40.6. The standard InChI is InChI=1S/C24H21F3N6O/c25-24(26,27)23-31-19(18-8-10-29-11-9-18)14-21(32-23)33-13-1-2-20(33)22(34)30-12-7-16-3-5-17(15-28)6-4-16/h3-6,8-11,14,20H,1-2,7,12-13H2,(H,30,34). The van der Waals surface area contributed by atoms with Crippen LogP contribution in [0.1, 0.15) is 29.8 Å². The van der Waals surface area contributed by atoms with Crippen molar-refractivity contribution in [3.8, 4) is 17.3 Å². The summed E-state index contributed by atoms with van der Waals surface area (Å²) in [6, 6.07) is 13.1. The summed E-state index contributed by atoms with van der Waals surface area (Å²) in [5.41, 5.74) is 2.12. The van der Waals surface area contributed by atoms with Crippen molar-refractivity contribution in [3.63, 3.8) is 0 Å². The molecule has 1 unspecified atom stereocenters. The second-order valence-electron chi connectivity index (χ2n) is 7.87. The highest BCUT2D eigenvalue weighted by atomic mass is 19.4. The van der Waals surface area contributed by atoms with E-state index in [2.05, 4.69) is 26.3 Å². The monoisotopic (exact) mass is 466 g/mol. The zero-order valence-electron chi connectivity index (χ0n) is 18.1. The number of hydrogen-bond acceptors (Lipinski definition) is 6. The number of halogens is 3. The maximum atomic E-state index is 13.5. The Hall–Kier alpha value is -4.00. The normalized spacial score (nSPS) is 15.7. The van der Waals surface area contributed by atoms with E-state index < -0.39 is 18.0 Å². The number of anilines is 1. The van der Waals surface area contributed by atoms with Gasteiger partial charge in [0.05, 0.1) is 17.3 Å². The molecule has 3 aromatic rings. The summed E-state index contributed by atoms with van der Waals surface area (Å²) in [5, 5.41) is 11.7. The van der Waals surface area contributed by atoms with Crippen molar-refractivity contribution in [3.05, 3.63) is 71.8 Å². The number of pyridine rings is 1. The van der Waals surface area contributed by atoms with Crippen LogP contribution in [0.15, 0.2) is 54.9 Å². The van der Waals surface area contributed by atoms with Gasteiger partial charge in [-0.05, 0) is 49.1 Å². The van der Waals surface area contributed by atoms with E-state index in [1.165, 1.54) is 18.5 Å². The molecule has 4 rings (SSSR count). The molecule has 10 heteroatoms. The minimum Gasteiger partial charge on any atom is -0.354 e. The van der Waals surface area contributed by atoms with Gasteiger partial charge in [0.25, 0.3) is 0 Å². The summed E-state index contributed by atoms with van der Waals surface area (Å²) in [7, 11) is 0. The lowest BCUT2D eigenvalue weighted by atomic mass is 10.1. The molecule has 7 nitrogen and oxygen atoms in total. The van der Waals surface area contributed by atoms with E-state index in [4.69, 9.17) is 5.26 Å². The maximum Gasteiger partial charge on any atom is 0.451 e. The smallest absolute Gasteiger partial charge is 0.354 e. The first kappa shape index (κ1) is 23.2. The summed E-state index contributed by atoms with van der Waals surface area (Å²) >= 11 is 0. The predicted octanol–water partition coefficient (Wildman–Crippen LogP) is 3.76. The minimum atomic E-state index is -4.73.